The topological polar surface area (TPSA) is 59.3 Å². The third-order valence-electron chi connectivity index (χ3n) is 5.26. The second kappa shape index (κ2) is 9.07. The minimum absolute atomic E-state index is 0.0343. The normalized spacial score (nSPS) is 19.9. The molecule has 0 bridgehead atoms. The van der Waals surface area contributed by atoms with Gasteiger partial charge in [0.2, 0.25) is 0 Å². The third-order valence-corrected chi connectivity index (χ3v) is 5.51. The second-order valence-corrected chi connectivity index (χ2v) is 8.73. The van der Waals surface area contributed by atoms with Gasteiger partial charge >= 0.3 is 5.97 Å². The van der Waals surface area contributed by atoms with Crippen molar-refractivity contribution in [1.29, 1.82) is 5.26 Å². The first kappa shape index (κ1) is 22.1. The van der Waals surface area contributed by atoms with Crippen LogP contribution in [0.15, 0.2) is 59.1 Å². The van der Waals surface area contributed by atoms with Gasteiger partial charge in [-0.3, -0.25) is 4.79 Å². The largest absolute Gasteiger partial charge is 0.454 e. The molecular weight excluding hydrogens is 428 g/mol. The maximum Gasteiger partial charge on any atom is 0.311 e. The van der Waals surface area contributed by atoms with Gasteiger partial charge in [-0.2, -0.15) is 5.26 Å². The quantitative estimate of drug-likeness (QED) is 0.474. The molecule has 0 radical (unpaired) electrons. The fraction of sp³-hybridized carbons (Fsp3) is 0.304. The molecule has 1 aliphatic carbocycles. The Morgan fingerprint density at radius 1 is 1.27 bits per heavy atom. The Morgan fingerprint density at radius 2 is 1.97 bits per heavy atom. The van der Waals surface area contributed by atoms with Gasteiger partial charge in [-0.05, 0) is 47.2 Å². The number of allylic oxidation sites excluding steroid dienone is 1. The van der Waals surface area contributed by atoms with Gasteiger partial charge in [0.05, 0.1) is 5.92 Å². The highest BCUT2D eigenvalue weighted by atomic mass is 35.5. The van der Waals surface area contributed by atoms with E-state index in [1.807, 2.05) is 26.0 Å². The molecule has 2 aromatic rings. The molecule has 1 saturated carbocycles. The molecule has 3 unspecified atom stereocenters. The van der Waals surface area contributed by atoms with Crippen molar-refractivity contribution in [3.05, 3.63) is 70.5 Å². The van der Waals surface area contributed by atoms with Crippen LogP contribution in [0.25, 0.3) is 0 Å². The maximum atomic E-state index is 14.1. The Labute approximate surface area is 184 Å². The predicted molar refractivity (Wildman–Crippen MR) is 113 cm³/mol. The number of halogens is 3. The first-order valence-electron chi connectivity index (χ1n) is 9.36. The second-order valence-electron chi connectivity index (χ2n) is 7.72. The SMILES string of the molecule is CC1(C)C(C=C(Cl)Cl)C1C(=O)OC(C#N)Cc1ccc(F)c(Oc2ccccc2)c1. The summed E-state index contributed by atoms with van der Waals surface area (Å²) in [7, 11) is 0. The lowest BCUT2D eigenvalue weighted by atomic mass is 10.1. The van der Waals surface area contributed by atoms with Crippen molar-refractivity contribution in [2.45, 2.75) is 26.4 Å². The number of para-hydroxylation sites is 1. The minimum atomic E-state index is -1.01. The zero-order valence-electron chi connectivity index (χ0n) is 16.4. The molecule has 1 aliphatic rings. The molecule has 0 heterocycles. The van der Waals surface area contributed by atoms with Crippen LogP contribution in [0, 0.1) is 34.4 Å². The lowest BCUT2D eigenvalue weighted by Gasteiger charge is -2.13. The van der Waals surface area contributed by atoms with Gasteiger partial charge < -0.3 is 9.47 Å². The van der Waals surface area contributed by atoms with Crippen molar-refractivity contribution in [3.8, 4) is 17.6 Å². The fourth-order valence-corrected chi connectivity index (χ4v) is 3.76. The lowest BCUT2D eigenvalue weighted by molar-refractivity contribution is -0.149. The third kappa shape index (κ3) is 5.13. The average molecular weight is 448 g/mol. The van der Waals surface area contributed by atoms with E-state index in [1.54, 1.807) is 30.3 Å². The summed E-state index contributed by atoms with van der Waals surface area (Å²) in [6, 6.07) is 15.1. The highest BCUT2D eigenvalue weighted by molar-refractivity contribution is 6.55. The number of ether oxygens (including phenoxy) is 2. The molecule has 4 nitrogen and oxygen atoms in total. The van der Waals surface area contributed by atoms with Gasteiger partial charge in [0, 0.05) is 6.42 Å². The number of rotatable bonds is 7. The molecule has 0 saturated heterocycles. The number of benzene rings is 2. The van der Waals surface area contributed by atoms with E-state index in [1.165, 1.54) is 18.2 Å². The Bertz CT molecular complexity index is 997. The average Bonchev–Trinajstić information content (AvgIpc) is 3.23. The van der Waals surface area contributed by atoms with E-state index in [0.717, 1.165) is 0 Å². The Balaban J connectivity index is 1.68. The van der Waals surface area contributed by atoms with Gasteiger partial charge in [-0.25, -0.2) is 4.39 Å². The van der Waals surface area contributed by atoms with Crippen LogP contribution >= 0.6 is 23.2 Å². The highest BCUT2D eigenvalue weighted by Crippen LogP contribution is 2.60. The number of carbonyl (C=O) groups is 1. The smallest absolute Gasteiger partial charge is 0.311 e. The Morgan fingerprint density at radius 3 is 2.60 bits per heavy atom. The standard InChI is InChI=1S/C23H20Cl2FNO3/c1-23(2)17(12-20(24)25)21(23)22(28)30-16(13-27)10-14-8-9-18(26)19(11-14)29-15-6-4-3-5-7-15/h3-9,11-12,16-17,21H,10H2,1-2H3. The van der Waals surface area contributed by atoms with Crippen LogP contribution in [-0.2, 0) is 16.0 Å². The number of hydrogen-bond acceptors (Lipinski definition) is 4. The van der Waals surface area contributed by atoms with Gasteiger partial charge in [0.15, 0.2) is 17.7 Å². The highest BCUT2D eigenvalue weighted by Gasteiger charge is 2.61. The first-order valence-corrected chi connectivity index (χ1v) is 10.1. The van der Waals surface area contributed by atoms with Gasteiger partial charge in [0.1, 0.15) is 16.3 Å². The molecule has 3 rings (SSSR count). The number of esters is 1. The molecule has 2 aromatic carbocycles. The van der Waals surface area contributed by atoms with E-state index >= 15 is 0 Å². The van der Waals surface area contributed by atoms with Crippen molar-refractivity contribution in [1.82, 2.24) is 0 Å². The minimum Gasteiger partial charge on any atom is -0.454 e. The molecule has 30 heavy (non-hydrogen) atoms. The van der Waals surface area contributed by atoms with Crippen molar-refractivity contribution in [2.24, 2.45) is 17.3 Å². The van der Waals surface area contributed by atoms with E-state index < -0.39 is 23.8 Å². The van der Waals surface area contributed by atoms with E-state index in [-0.39, 0.29) is 28.0 Å². The number of nitrogens with zero attached hydrogens (tertiary/aromatic N) is 1. The van der Waals surface area contributed by atoms with E-state index in [0.29, 0.717) is 11.3 Å². The number of carbonyl (C=O) groups excluding carboxylic acids is 1. The molecule has 0 aliphatic heterocycles. The first-order chi connectivity index (χ1) is 14.2. The summed E-state index contributed by atoms with van der Waals surface area (Å²) in [4.78, 5) is 12.6. The summed E-state index contributed by atoms with van der Waals surface area (Å²) in [6.45, 7) is 3.82. The summed E-state index contributed by atoms with van der Waals surface area (Å²) in [5, 5.41) is 9.45. The van der Waals surface area contributed by atoms with Gasteiger partial charge in [-0.1, -0.05) is 61.3 Å². The maximum absolute atomic E-state index is 14.1. The summed E-state index contributed by atoms with van der Waals surface area (Å²) in [5.41, 5.74) is 0.260. The van der Waals surface area contributed by atoms with Crippen LogP contribution in [-0.4, -0.2) is 12.1 Å². The van der Waals surface area contributed by atoms with Crippen LogP contribution in [0.3, 0.4) is 0 Å². The van der Waals surface area contributed by atoms with Crippen LogP contribution in [0.2, 0.25) is 0 Å². The van der Waals surface area contributed by atoms with Gasteiger partial charge in [-0.15, -0.1) is 0 Å². The Hall–Kier alpha value is -2.55. The monoisotopic (exact) mass is 447 g/mol. The van der Waals surface area contributed by atoms with Crippen LogP contribution < -0.4 is 4.74 Å². The predicted octanol–water partition coefficient (Wildman–Crippen LogP) is 6.19. The molecule has 0 aromatic heterocycles. The van der Waals surface area contributed by atoms with Crippen molar-refractivity contribution in [3.63, 3.8) is 0 Å². The number of hydrogen-bond donors (Lipinski definition) is 0. The molecule has 3 atom stereocenters. The van der Waals surface area contributed by atoms with E-state index in [9.17, 15) is 14.4 Å². The van der Waals surface area contributed by atoms with Crippen LogP contribution in [0.5, 0.6) is 11.5 Å². The zero-order chi connectivity index (χ0) is 21.9. The Kier molecular flexibility index (Phi) is 6.70. The fourth-order valence-electron chi connectivity index (χ4n) is 3.48. The summed E-state index contributed by atoms with van der Waals surface area (Å²) >= 11 is 11.4. The summed E-state index contributed by atoms with van der Waals surface area (Å²) < 4.78 is 25.2. The number of nitriles is 1. The molecular formula is C23H20Cl2FNO3. The molecule has 0 N–H and O–H groups in total. The lowest BCUT2D eigenvalue weighted by Crippen LogP contribution is -2.21. The van der Waals surface area contributed by atoms with E-state index in [4.69, 9.17) is 32.7 Å². The van der Waals surface area contributed by atoms with Gasteiger partial charge in [0.25, 0.3) is 0 Å². The summed E-state index contributed by atoms with van der Waals surface area (Å²) in [6.07, 6.45) is 0.710. The van der Waals surface area contributed by atoms with Crippen molar-refractivity contribution < 1.29 is 18.7 Å². The molecule has 7 heteroatoms. The molecule has 156 valence electrons. The van der Waals surface area contributed by atoms with Crippen LogP contribution in [0.1, 0.15) is 19.4 Å². The summed E-state index contributed by atoms with van der Waals surface area (Å²) in [5.74, 6) is -1.06. The zero-order valence-corrected chi connectivity index (χ0v) is 18.0. The van der Waals surface area contributed by atoms with Crippen LogP contribution in [0.4, 0.5) is 4.39 Å². The molecule has 1 fully saturated rings. The van der Waals surface area contributed by atoms with Crippen molar-refractivity contribution >= 4 is 29.2 Å². The molecule has 0 amide bonds. The molecule has 0 spiro atoms. The van der Waals surface area contributed by atoms with E-state index in [2.05, 4.69) is 0 Å². The van der Waals surface area contributed by atoms with Crippen molar-refractivity contribution in [2.75, 3.05) is 0 Å².